The lowest BCUT2D eigenvalue weighted by molar-refractivity contribution is 0.283. The quantitative estimate of drug-likeness (QED) is 0.609. The number of anilines is 2. The zero-order valence-electron chi connectivity index (χ0n) is 9.03. The Morgan fingerprint density at radius 3 is 2.87 bits per heavy atom. The molecule has 0 radical (unpaired) electrons. The lowest BCUT2D eigenvalue weighted by atomic mass is 10.2. The molecule has 0 saturated carbocycles. The van der Waals surface area contributed by atoms with Crippen molar-refractivity contribution >= 4 is 11.6 Å². The topological polar surface area (TPSA) is 84.1 Å². The molecule has 0 atom stereocenters. The number of aliphatic hydroxyl groups excluding tert-OH is 1. The Balaban J connectivity index is 2.34. The largest absolute Gasteiger partial charge is 0.396 e. The van der Waals surface area contributed by atoms with Gasteiger partial charge < -0.3 is 16.2 Å². The van der Waals surface area contributed by atoms with Crippen molar-refractivity contribution in [2.75, 3.05) is 24.2 Å². The molecule has 0 saturated heterocycles. The maximum absolute atomic E-state index is 8.61. The first-order valence-electron chi connectivity index (χ1n) is 5.17. The summed E-state index contributed by atoms with van der Waals surface area (Å²) < 4.78 is 0. The first kappa shape index (κ1) is 11.7. The van der Waals surface area contributed by atoms with Crippen LogP contribution in [0.1, 0.15) is 24.8 Å². The maximum atomic E-state index is 8.61. The normalized spacial score (nSPS) is 10.3. The van der Waals surface area contributed by atoms with Crippen LogP contribution in [-0.2, 0) is 0 Å². The minimum absolute atomic E-state index is 0.263. The molecule has 5 heteroatoms. The molecule has 0 unspecified atom stereocenters. The summed E-state index contributed by atoms with van der Waals surface area (Å²) in [5.74, 6) is 1.31. The molecule has 0 fully saturated rings. The number of aliphatic hydroxyl groups is 1. The van der Waals surface area contributed by atoms with Gasteiger partial charge in [-0.3, -0.25) is 0 Å². The number of rotatable bonds is 6. The molecule has 15 heavy (non-hydrogen) atoms. The number of nitrogens with two attached hydrogens (primary N) is 1. The second-order valence-corrected chi connectivity index (χ2v) is 3.44. The highest BCUT2D eigenvalue weighted by atomic mass is 16.2. The first-order chi connectivity index (χ1) is 7.25. The number of unbranched alkanes of at least 4 members (excludes halogenated alkanes) is 2. The molecule has 0 amide bonds. The summed E-state index contributed by atoms with van der Waals surface area (Å²) in [6, 6.07) is 0. The highest BCUT2D eigenvalue weighted by molar-refractivity contribution is 5.53. The Bertz CT molecular complexity index is 303. The van der Waals surface area contributed by atoms with Crippen LogP contribution < -0.4 is 11.1 Å². The van der Waals surface area contributed by atoms with Gasteiger partial charge in [0.15, 0.2) is 0 Å². The smallest absolute Gasteiger partial charge is 0.134 e. The SMILES string of the molecule is Cc1c(N)ncnc1NCCCCCO. The third kappa shape index (κ3) is 3.71. The number of nitrogens with zero attached hydrogens (tertiary/aromatic N) is 2. The average molecular weight is 210 g/mol. The van der Waals surface area contributed by atoms with Crippen molar-refractivity contribution in [1.82, 2.24) is 9.97 Å². The van der Waals surface area contributed by atoms with E-state index in [1.807, 2.05) is 6.92 Å². The van der Waals surface area contributed by atoms with Gasteiger partial charge in [0.05, 0.1) is 0 Å². The fraction of sp³-hybridized carbons (Fsp3) is 0.600. The van der Waals surface area contributed by atoms with Gasteiger partial charge in [0.25, 0.3) is 0 Å². The molecule has 1 heterocycles. The maximum Gasteiger partial charge on any atom is 0.134 e. The van der Waals surface area contributed by atoms with Crippen LogP contribution in [0.3, 0.4) is 0 Å². The van der Waals surface area contributed by atoms with Gasteiger partial charge in [-0.15, -0.1) is 0 Å². The van der Waals surface area contributed by atoms with Crippen molar-refractivity contribution in [2.24, 2.45) is 0 Å². The summed E-state index contributed by atoms with van der Waals surface area (Å²) in [7, 11) is 0. The summed E-state index contributed by atoms with van der Waals surface area (Å²) >= 11 is 0. The van der Waals surface area contributed by atoms with Gasteiger partial charge in [-0.1, -0.05) is 0 Å². The number of aromatic nitrogens is 2. The van der Waals surface area contributed by atoms with Crippen LogP contribution in [0.5, 0.6) is 0 Å². The highest BCUT2D eigenvalue weighted by Gasteiger charge is 2.02. The van der Waals surface area contributed by atoms with Gasteiger partial charge in [0, 0.05) is 18.7 Å². The van der Waals surface area contributed by atoms with Crippen LogP contribution in [0.15, 0.2) is 6.33 Å². The van der Waals surface area contributed by atoms with Crippen molar-refractivity contribution < 1.29 is 5.11 Å². The molecule has 0 aliphatic rings. The number of hydrogen-bond acceptors (Lipinski definition) is 5. The van der Waals surface area contributed by atoms with Gasteiger partial charge in [-0.05, 0) is 26.2 Å². The molecule has 0 bridgehead atoms. The first-order valence-corrected chi connectivity index (χ1v) is 5.17. The van der Waals surface area contributed by atoms with E-state index < -0.39 is 0 Å². The molecule has 0 aromatic carbocycles. The van der Waals surface area contributed by atoms with Gasteiger partial charge in [0.1, 0.15) is 18.0 Å². The Kier molecular flexibility index (Phi) is 4.83. The lowest BCUT2D eigenvalue weighted by Crippen LogP contribution is -2.07. The summed E-state index contributed by atoms with van der Waals surface area (Å²) in [6.45, 7) is 3.00. The van der Waals surface area contributed by atoms with Crippen molar-refractivity contribution in [1.29, 1.82) is 0 Å². The van der Waals surface area contributed by atoms with E-state index in [4.69, 9.17) is 10.8 Å². The van der Waals surface area contributed by atoms with Crippen molar-refractivity contribution in [3.63, 3.8) is 0 Å². The van der Waals surface area contributed by atoms with Crippen LogP contribution >= 0.6 is 0 Å². The van der Waals surface area contributed by atoms with Crippen molar-refractivity contribution in [3.8, 4) is 0 Å². The molecular weight excluding hydrogens is 192 g/mol. The molecule has 84 valence electrons. The van der Waals surface area contributed by atoms with Gasteiger partial charge in [-0.2, -0.15) is 0 Å². The molecule has 0 spiro atoms. The molecular formula is C10H18N4O. The van der Waals surface area contributed by atoms with E-state index in [0.29, 0.717) is 5.82 Å². The number of nitrogens with one attached hydrogen (secondary N) is 1. The minimum Gasteiger partial charge on any atom is -0.396 e. The van der Waals surface area contributed by atoms with E-state index >= 15 is 0 Å². The van der Waals surface area contributed by atoms with Crippen molar-refractivity contribution in [2.45, 2.75) is 26.2 Å². The van der Waals surface area contributed by atoms with E-state index in [-0.39, 0.29) is 6.61 Å². The Hall–Kier alpha value is -1.36. The molecule has 4 N–H and O–H groups in total. The Morgan fingerprint density at radius 2 is 2.13 bits per heavy atom. The van der Waals surface area contributed by atoms with E-state index in [0.717, 1.165) is 37.2 Å². The second kappa shape index (κ2) is 6.19. The average Bonchev–Trinajstić information content (AvgIpc) is 2.24. The third-order valence-corrected chi connectivity index (χ3v) is 2.25. The molecule has 0 aliphatic heterocycles. The minimum atomic E-state index is 0.263. The highest BCUT2D eigenvalue weighted by Crippen LogP contribution is 2.14. The van der Waals surface area contributed by atoms with E-state index in [1.165, 1.54) is 6.33 Å². The summed E-state index contributed by atoms with van der Waals surface area (Å²) in [5, 5.41) is 11.8. The number of nitrogen functional groups attached to an aromatic ring is 1. The monoisotopic (exact) mass is 210 g/mol. The summed E-state index contributed by atoms with van der Waals surface area (Å²) in [4.78, 5) is 8.00. The van der Waals surface area contributed by atoms with Crippen molar-refractivity contribution in [3.05, 3.63) is 11.9 Å². The molecule has 0 aliphatic carbocycles. The number of hydrogen-bond donors (Lipinski definition) is 3. The van der Waals surface area contributed by atoms with Crippen LogP contribution in [0.25, 0.3) is 0 Å². The predicted octanol–water partition coefficient (Wildman–Crippen LogP) is 0.942. The fourth-order valence-corrected chi connectivity index (χ4v) is 1.26. The zero-order valence-corrected chi connectivity index (χ0v) is 9.03. The zero-order chi connectivity index (χ0) is 11.1. The summed E-state index contributed by atoms with van der Waals surface area (Å²) in [5.41, 5.74) is 6.54. The van der Waals surface area contributed by atoms with Crippen LogP contribution in [0.4, 0.5) is 11.6 Å². The van der Waals surface area contributed by atoms with E-state index in [2.05, 4.69) is 15.3 Å². The second-order valence-electron chi connectivity index (χ2n) is 3.44. The van der Waals surface area contributed by atoms with E-state index in [9.17, 15) is 0 Å². The van der Waals surface area contributed by atoms with E-state index in [1.54, 1.807) is 0 Å². The van der Waals surface area contributed by atoms with Gasteiger partial charge in [-0.25, -0.2) is 9.97 Å². The lowest BCUT2D eigenvalue weighted by Gasteiger charge is -2.08. The molecule has 5 nitrogen and oxygen atoms in total. The molecule has 1 aromatic rings. The van der Waals surface area contributed by atoms with Crippen LogP contribution in [0.2, 0.25) is 0 Å². The predicted molar refractivity (Wildman–Crippen MR) is 60.6 cm³/mol. The standard InChI is InChI=1S/C10H18N4O/c1-8-9(11)13-7-14-10(8)12-5-3-2-4-6-15/h7,15H,2-6H2,1H3,(H3,11,12,13,14). The molecule has 1 rings (SSSR count). The van der Waals surface area contributed by atoms with Crippen LogP contribution in [0, 0.1) is 6.92 Å². The van der Waals surface area contributed by atoms with Crippen LogP contribution in [-0.4, -0.2) is 28.2 Å². The summed E-state index contributed by atoms with van der Waals surface area (Å²) in [6.07, 6.45) is 4.35. The Morgan fingerprint density at radius 1 is 1.33 bits per heavy atom. The Labute approximate surface area is 89.7 Å². The third-order valence-electron chi connectivity index (χ3n) is 2.25. The fourth-order valence-electron chi connectivity index (χ4n) is 1.26. The molecule has 1 aromatic heterocycles. The van der Waals surface area contributed by atoms with Gasteiger partial charge >= 0.3 is 0 Å². The van der Waals surface area contributed by atoms with Gasteiger partial charge in [0.2, 0.25) is 0 Å².